The summed E-state index contributed by atoms with van der Waals surface area (Å²) in [5.41, 5.74) is 4.66. The van der Waals surface area contributed by atoms with E-state index in [9.17, 15) is 9.59 Å². The van der Waals surface area contributed by atoms with Crippen LogP contribution in [0.25, 0.3) is 54.2 Å². The molecule has 40 heavy (non-hydrogen) atoms. The molecule has 0 atom stereocenters. The van der Waals surface area contributed by atoms with Gasteiger partial charge >= 0.3 is 0 Å². The van der Waals surface area contributed by atoms with Crippen LogP contribution in [0.3, 0.4) is 0 Å². The van der Waals surface area contributed by atoms with Crippen molar-refractivity contribution in [2.24, 2.45) is 0 Å². The maximum absolute atomic E-state index is 13.6. The van der Waals surface area contributed by atoms with Gasteiger partial charge in [0.2, 0.25) is 0 Å². The van der Waals surface area contributed by atoms with Crippen molar-refractivity contribution < 1.29 is 9.59 Å². The first kappa shape index (κ1) is 22.8. The smallest absolute Gasteiger partial charge is 0.197 e. The highest BCUT2D eigenvalue weighted by Gasteiger charge is 2.34. The lowest BCUT2D eigenvalue weighted by molar-refractivity contribution is 0.0990. The summed E-state index contributed by atoms with van der Waals surface area (Å²) >= 11 is 1.60. The fourth-order valence-electron chi connectivity index (χ4n) is 5.65. The Hall–Kier alpha value is -5.13. The summed E-state index contributed by atoms with van der Waals surface area (Å²) in [5, 5.41) is 4.98. The third-order valence-electron chi connectivity index (χ3n) is 7.57. The lowest BCUT2D eigenvalue weighted by Crippen LogP contribution is -2.03. The monoisotopic (exact) mass is 532 g/mol. The van der Waals surface area contributed by atoms with E-state index in [1.54, 1.807) is 17.4 Å². The molecule has 0 amide bonds. The quantitative estimate of drug-likeness (QED) is 0.169. The predicted molar refractivity (Wildman–Crippen MR) is 162 cm³/mol. The van der Waals surface area contributed by atoms with Gasteiger partial charge in [0.1, 0.15) is 5.01 Å². The van der Waals surface area contributed by atoms with Crippen molar-refractivity contribution in [3.8, 4) is 16.3 Å². The lowest BCUT2D eigenvalue weighted by atomic mass is 10.0. The zero-order chi connectivity index (χ0) is 26.8. The SMILES string of the molecule is O=C1C(=Cc2cc3sc(-c4ccccc4)nc3n2-c2cccc3ccccc23)C(=O)c2cc3ccccc3cc21. The summed E-state index contributed by atoms with van der Waals surface area (Å²) in [7, 11) is 0. The highest BCUT2D eigenvalue weighted by molar-refractivity contribution is 7.21. The van der Waals surface area contributed by atoms with Crippen LogP contribution in [0.2, 0.25) is 0 Å². The molecule has 0 bridgehead atoms. The molecule has 2 aromatic heterocycles. The summed E-state index contributed by atoms with van der Waals surface area (Å²) in [6.07, 6.45) is 1.74. The number of carbonyl (C=O) groups is 2. The van der Waals surface area contributed by atoms with Crippen molar-refractivity contribution in [1.29, 1.82) is 0 Å². The van der Waals surface area contributed by atoms with Gasteiger partial charge in [0.05, 0.1) is 21.7 Å². The number of rotatable bonds is 3. The highest BCUT2D eigenvalue weighted by atomic mass is 32.1. The maximum Gasteiger partial charge on any atom is 0.197 e. The number of aromatic nitrogens is 2. The molecular formula is C35H20N2O2S. The first-order valence-electron chi connectivity index (χ1n) is 13.1. The largest absolute Gasteiger partial charge is 0.293 e. The van der Waals surface area contributed by atoms with Gasteiger partial charge in [-0.1, -0.05) is 91.0 Å². The van der Waals surface area contributed by atoms with Gasteiger partial charge in [-0.15, -0.1) is 11.3 Å². The lowest BCUT2D eigenvalue weighted by Gasteiger charge is -2.11. The van der Waals surface area contributed by atoms with Gasteiger partial charge in [-0.3, -0.25) is 14.2 Å². The topological polar surface area (TPSA) is 52.0 Å². The van der Waals surface area contributed by atoms with Crippen molar-refractivity contribution >= 4 is 60.9 Å². The van der Waals surface area contributed by atoms with Crippen LogP contribution < -0.4 is 0 Å². The zero-order valence-corrected chi connectivity index (χ0v) is 22.0. The fourth-order valence-corrected chi connectivity index (χ4v) is 6.66. The number of benzene rings is 5. The normalized spacial score (nSPS) is 13.1. The number of fused-ring (bicyclic) bond motifs is 4. The molecule has 1 aliphatic carbocycles. The third kappa shape index (κ3) is 3.42. The average Bonchev–Trinajstić information content (AvgIpc) is 3.63. The molecule has 0 unspecified atom stereocenters. The Morgan fingerprint density at radius 3 is 2.00 bits per heavy atom. The molecule has 7 aromatic rings. The van der Waals surface area contributed by atoms with Crippen LogP contribution in [0.15, 0.2) is 121 Å². The minimum absolute atomic E-state index is 0.181. The molecule has 188 valence electrons. The Labute approximate surface area is 233 Å². The van der Waals surface area contributed by atoms with Gasteiger partial charge in [-0.05, 0) is 46.5 Å². The number of nitrogens with zero attached hydrogens (tertiary/aromatic N) is 2. The summed E-state index contributed by atoms with van der Waals surface area (Å²) in [6.45, 7) is 0. The Morgan fingerprint density at radius 1 is 0.650 bits per heavy atom. The van der Waals surface area contributed by atoms with Crippen molar-refractivity contribution in [3.63, 3.8) is 0 Å². The van der Waals surface area contributed by atoms with Gasteiger partial charge in [-0.2, -0.15) is 0 Å². The van der Waals surface area contributed by atoms with Crippen LogP contribution >= 0.6 is 11.3 Å². The Kier molecular flexibility index (Phi) is 4.96. The van der Waals surface area contributed by atoms with Crippen LogP contribution in [-0.4, -0.2) is 21.1 Å². The van der Waals surface area contributed by atoms with Crippen LogP contribution in [0.4, 0.5) is 0 Å². The van der Waals surface area contributed by atoms with Crippen LogP contribution in [-0.2, 0) is 0 Å². The van der Waals surface area contributed by atoms with Crippen LogP contribution in [0.5, 0.6) is 0 Å². The molecule has 0 fully saturated rings. The number of thiazole rings is 1. The Bertz CT molecular complexity index is 2140. The van der Waals surface area contributed by atoms with Gasteiger partial charge in [0.15, 0.2) is 17.2 Å². The number of hydrogen-bond donors (Lipinski definition) is 0. The molecular weight excluding hydrogens is 512 g/mol. The minimum atomic E-state index is -0.238. The maximum atomic E-state index is 13.6. The van der Waals surface area contributed by atoms with E-state index < -0.39 is 0 Å². The summed E-state index contributed by atoms with van der Waals surface area (Å²) in [4.78, 5) is 32.3. The van der Waals surface area contributed by atoms with Crippen LogP contribution in [0, 0.1) is 0 Å². The van der Waals surface area contributed by atoms with E-state index in [2.05, 4.69) is 41.0 Å². The predicted octanol–water partition coefficient (Wildman–Crippen LogP) is 8.52. The number of carbonyl (C=O) groups excluding carboxylic acids is 2. The molecule has 0 saturated heterocycles. The summed E-state index contributed by atoms with van der Waals surface area (Å²) in [5.74, 6) is -0.476. The third-order valence-corrected chi connectivity index (χ3v) is 8.61. The molecule has 0 spiro atoms. The second-order valence-corrected chi connectivity index (χ2v) is 11.0. The molecule has 0 aliphatic heterocycles. The second kappa shape index (κ2) is 8.70. The summed E-state index contributed by atoms with van der Waals surface area (Å²) < 4.78 is 3.06. The molecule has 5 aromatic carbocycles. The molecule has 1 aliphatic rings. The van der Waals surface area contributed by atoms with Gasteiger partial charge < -0.3 is 0 Å². The number of ketones is 2. The van der Waals surface area contributed by atoms with E-state index >= 15 is 0 Å². The van der Waals surface area contributed by atoms with E-state index in [1.807, 2.05) is 78.9 Å². The van der Waals surface area contributed by atoms with E-state index in [1.165, 1.54) is 0 Å². The standard InChI is InChI=1S/C35H20N2O2S/c38-32-27-17-23-12-4-5-13-24(23)18-28(27)33(39)29(32)19-25-20-31-34(36-35(40-31)22-10-2-1-3-11-22)37(25)30-16-8-14-21-9-6-7-15-26(21)30/h1-20H. The van der Waals surface area contributed by atoms with Crippen molar-refractivity contribution in [1.82, 2.24) is 9.55 Å². The van der Waals surface area contributed by atoms with Crippen molar-refractivity contribution in [3.05, 3.63) is 138 Å². The van der Waals surface area contributed by atoms with Gasteiger partial charge in [0, 0.05) is 22.1 Å². The van der Waals surface area contributed by atoms with E-state index in [-0.39, 0.29) is 17.1 Å². The molecule has 5 heteroatoms. The van der Waals surface area contributed by atoms with Crippen molar-refractivity contribution in [2.75, 3.05) is 0 Å². The first-order chi connectivity index (χ1) is 19.7. The van der Waals surface area contributed by atoms with E-state index in [0.29, 0.717) is 11.1 Å². The van der Waals surface area contributed by atoms with Crippen LogP contribution in [0.1, 0.15) is 26.4 Å². The molecule has 0 saturated carbocycles. The average molecular weight is 533 g/mol. The minimum Gasteiger partial charge on any atom is -0.293 e. The van der Waals surface area contributed by atoms with Crippen molar-refractivity contribution in [2.45, 2.75) is 0 Å². The number of hydrogen-bond acceptors (Lipinski definition) is 4. The molecule has 0 N–H and O–H groups in total. The zero-order valence-electron chi connectivity index (χ0n) is 21.2. The molecule has 8 rings (SSSR count). The highest BCUT2D eigenvalue weighted by Crippen LogP contribution is 2.38. The molecule has 2 heterocycles. The molecule has 4 nitrogen and oxygen atoms in total. The Balaban J connectivity index is 1.36. The second-order valence-electron chi connectivity index (χ2n) is 9.94. The first-order valence-corrected chi connectivity index (χ1v) is 13.9. The van der Waals surface area contributed by atoms with E-state index in [4.69, 9.17) is 4.98 Å². The van der Waals surface area contributed by atoms with Gasteiger partial charge in [0.25, 0.3) is 0 Å². The van der Waals surface area contributed by atoms with E-state index in [0.717, 1.165) is 53.8 Å². The molecule has 0 radical (unpaired) electrons. The number of allylic oxidation sites excluding steroid dienone is 1. The Morgan fingerprint density at radius 2 is 1.27 bits per heavy atom. The number of Topliss-reactive ketones (excluding diaryl/α,β-unsaturated/α-hetero) is 2. The van der Waals surface area contributed by atoms with Gasteiger partial charge in [-0.25, -0.2) is 4.98 Å². The summed E-state index contributed by atoms with van der Waals surface area (Å²) in [6, 6.07) is 38.0. The fraction of sp³-hybridized carbons (Fsp3) is 0.